The number of aliphatic hydroxyl groups is 1. The van der Waals surface area contributed by atoms with E-state index in [0.29, 0.717) is 6.54 Å². The van der Waals surface area contributed by atoms with E-state index in [0.717, 1.165) is 23.6 Å². The molecule has 0 aliphatic carbocycles. The number of nitrogens with zero attached hydrogens (tertiary/aromatic N) is 2. The Balaban J connectivity index is 1.90. The smallest absolute Gasteiger partial charge is 0.122 e. The summed E-state index contributed by atoms with van der Waals surface area (Å²) < 4.78 is 7.66. The van der Waals surface area contributed by atoms with Gasteiger partial charge in [-0.15, -0.1) is 0 Å². The minimum Gasteiger partial charge on any atom is -0.491 e. The van der Waals surface area contributed by atoms with Crippen molar-refractivity contribution in [3.05, 3.63) is 47.5 Å². The van der Waals surface area contributed by atoms with Crippen molar-refractivity contribution in [2.75, 3.05) is 6.61 Å². The average Bonchev–Trinajstić information content (AvgIpc) is 2.85. The minimum absolute atomic E-state index is 0.283. The van der Waals surface area contributed by atoms with Crippen molar-refractivity contribution in [3.63, 3.8) is 0 Å². The number of ether oxygens (including phenoxy) is 1. The average molecular weight is 274 g/mol. The van der Waals surface area contributed by atoms with Gasteiger partial charge in [0.05, 0.1) is 6.54 Å². The molecule has 0 saturated carbocycles. The lowest BCUT2D eigenvalue weighted by atomic mass is 10.1. The van der Waals surface area contributed by atoms with Crippen molar-refractivity contribution in [2.24, 2.45) is 0 Å². The maximum absolute atomic E-state index is 10.1. The van der Waals surface area contributed by atoms with Crippen molar-refractivity contribution in [2.45, 2.75) is 39.8 Å². The quantitative estimate of drug-likeness (QED) is 0.880. The van der Waals surface area contributed by atoms with E-state index < -0.39 is 6.10 Å². The van der Waals surface area contributed by atoms with Crippen LogP contribution in [0, 0.1) is 13.8 Å². The number of hydrogen-bond donors (Lipinski definition) is 1. The summed E-state index contributed by atoms with van der Waals surface area (Å²) in [5, 5.41) is 10.1. The van der Waals surface area contributed by atoms with E-state index in [2.05, 4.69) is 24.9 Å². The highest BCUT2D eigenvalue weighted by atomic mass is 16.5. The molecule has 1 N–H and O–H groups in total. The maximum atomic E-state index is 10.1. The first-order chi connectivity index (χ1) is 9.60. The normalized spacial score (nSPS) is 12.4. The van der Waals surface area contributed by atoms with Crippen LogP contribution in [0.25, 0.3) is 0 Å². The second kappa shape index (κ2) is 6.57. The van der Waals surface area contributed by atoms with Crippen LogP contribution in [-0.4, -0.2) is 27.4 Å². The molecule has 4 nitrogen and oxygen atoms in total. The molecular formula is C16H22N2O2. The molecule has 1 aromatic carbocycles. The Hall–Kier alpha value is -1.81. The third-order valence-electron chi connectivity index (χ3n) is 3.29. The van der Waals surface area contributed by atoms with Gasteiger partial charge < -0.3 is 14.4 Å². The summed E-state index contributed by atoms with van der Waals surface area (Å²) in [6.45, 7) is 6.91. The van der Waals surface area contributed by atoms with Gasteiger partial charge in [-0.3, -0.25) is 0 Å². The van der Waals surface area contributed by atoms with Crippen LogP contribution in [0.5, 0.6) is 5.75 Å². The first-order valence-electron chi connectivity index (χ1n) is 6.98. The number of benzene rings is 1. The number of hydrogen-bond acceptors (Lipinski definition) is 3. The molecule has 108 valence electrons. The Morgan fingerprint density at radius 1 is 1.35 bits per heavy atom. The van der Waals surface area contributed by atoms with Crippen molar-refractivity contribution in [3.8, 4) is 5.75 Å². The zero-order valence-corrected chi connectivity index (χ0v) is 12.3. The molecular weight excluding hydrogens is 252 g/mol. The predicted molar refractivity (Wildman–Crippen MR) is 79.0 cm³/mol. The monoisotopic (exact) mass is 274 g/mol. The molecule has 0 aliphatic rings. The van der Waals surface area contributed by atoms with Gasteiger partial charge in [-0.05, 0) is 25.5 Å². The van der Waals surface area contributed by atoms with Crippen molar-refractivity contribution < 1.29 is 9.84 Å². The summed E-state index contributed by atoms with van der Waals surface area (Å²) in [7, 11) is 0. The van der Waals surface area contributed by atoms with Gasteiger partial charge in [-0.1, -0.05) is 24.6 Å². The summed E-state index contributed by atoms with van der Waals surface area (Å²) in [4.78, 5) is 4.24. The maximum Gasteiger partial charge on any atom is 0.122 e. The van der Waals surface area contributed by atoms with Crippen LogP contribution in [0.2, 0.25) is 0 Å². The molecule has 1 atom stereocenters. The minimum atomic E-state index is -0.546. The second-order valence-electron chi connectivity index (χ2n) is 5.08. The summed E-state index contributed by atoms with van der Waals surface area (Å²) in [5.74, 6) is 1.81. The first kappa shape index (κ1) is 14.6. The van der Waals surface area contributed by atoms with Crippen molar-refractivity contribution >= 4 is 0 Å². The highest BCUT2D eigenvalue weighted by Gasteiger charge is 2.10. The molecule has 0 radical (unpaired) electrons. The fourth-order valence-electron chi connectivity index (χ4n) is 2.25. The van der Waals surface area contributed by atoms with Crippen LogP contribution in [0.15, 0.2) is 30.6 Å². The molecule has 1 aromatic heterocycles. The zero-order valence-electron chi connectivity index (χ0n) is 12.3. The predicted octanol–water partition coefficient (Wildman–Crippen LogP) is 2.50. The van der Waals surface area contributed by atoms with Gasteiger partial charge >= 0.3 is 0 Å². The Morgan fingerprint density at radius 3 is 2.85 bits per heavy atom. The van der Waals surface area contributed by atoms with E-state index in [1.165, 1.54) is 5.56 Å². The number of rotatable bonds is 6. The lowest BCUT2D eigenvalue weighted by molar-refractivity contribution is 0.0914. The lowest BCUT2D eigenvalue weighted by Crippen LogP contribution is -2.24. The van der Waals surface area contributed by atoms with Crippen LogP contribution in [0.3, 0.4) is 0 Å². The molecule has 0 amide bonds. The molecule has 0 bridgehead atoms. The molecule has 2 rings (SSSR count). The summed E-state index contributed by atoms with van der Waals surface area (Å²) >= 11 is 0. The largest absolute Gasteiger partial charge is 0.491 e. The van der Waals surface area contributed by atoms with Gasteiger partial charge in [0.15, 0.2) is 0 Å². The molecule has 1 heterocycles. The summed E-state index contributed by atoms with van der Waals surface area (Å²) in [6.07, 6.45) is 3.96. The first-order valence-corrected chi connectivity index (χ1v) is 6.98. The molecule has 20 heavy (non-hydrogen) atoms. The van der Waals surface area contributed by atoms with Crippen LogP contribution < -0.4 is 4.74 Å². The fraction of sp³-hybridized carbons (Fsp3) is 0.438. The van der Waals surface area contributed by atoms with E-state index in [1.807, 2.05) is 29.8 Å². The van der Waals surface area contributed by atoms with Crippen molar-refractivity contribution in [1.82, 2.24) is 9.55 Å². The fourth-order valence-corrected chi connectivity index (χ4v) is 2.25. The van der Waals surface area contributed by atoms with Crippen LogP contribution in [-0.2, 0) is 13.0 Å². The van der Waals surface area contributed by atoms with Gasteiger partial charge in [-0.25, -0.2) is 4.98 Å². The number of aryl methyl sites for hydroxylation is 3. The Labute approximate surface area is 120 Å². The van der Waals surface area contributed by atoms with Crippen molar-refractivity contribution in [1.29, 1.82) is 0 Å². The Bertz CT molecular complexity index is 563. The van der Waals surface area contributed by atoms with Gasteiger partial charge in [-0.2, -0.15) is 0 Å². The van der Waals surface area contributed by atoms with Crippen LogP contribution in [0.1, 0.15) is 23.9 Å². The third kappa shape index (κ3) is 3.61. The van der Waals surface area contributed by atoms with E-state index >= 15 is 0 Å². The van der Waals surface area contributed by atoms with E-state index in [9.17, 15) is 5.11 Å². The van der Waals surface area contributed by atoms with Crippen LogP contribution in [0.4, 0.5) is 0 Å². The SMILES string of the molecule is CCc1nccn1CC(O)COc1ccc(C)cc1C. The van der Waals surface area contributed by atoms with Gasteiger partial charge in [0.2, 0.25) is 0 Å². The molecule has 1 unspecified atom stereocenters. The van der Waals surface area contributed by atoms with E-state index in [1.54, 1.807) is 6.20 Å². The molecule has 0 aliphatic heterocycles. The zero-order chi connectivity index (χ0) is 14.5. The highest BCUT2D eigenvalue weighted by molar-refractivity contribution is 5.35. The number of aliphatic hydroxyl groups excluding tert-OH is 1. The Kier molecular flexibility index (Phi) is 4.79. The summed E-state index contributed by atoms with van der Waals surface area (Å²) in [6, 6.07) is 6.04. The van der Waals surface area contributed by atoms with Gasteiger partial charge in [0.1, 0.15) is 24.3 Å². The topological polar surface area (TPSA) is 47.3 Å². The molecule has 0 fully saturated rings. The molecule has 4 heteroatoms. The second-order valence-corrected chi connectivity index (χ2v) is 5.08. The number of aromatic nitrogens is 2. The standard InChI is InChI=1S/C16H22N2O2/c1-4-16-17-7-8-18(16)10-14(19)11-20-15-6-5-12(2)9-13(15)3/h5-9,14,19H,4,10-11H2,1-3H3. The third-order valence-corrected chi connectivity index (χ3v) is 3.29. The number of imidazole rings is 1. The van der Waals surface area contributed by atoms with E-state index in [4.69, 9.17) is 4.74 Å². The molecule has 2 aromatic rings. The van der Waals surface area contributed by atoms with Gasteiger partial charge in [0.25, 0.3) is 0 Å². The summed E-state index contributed by atoms with van der Waals surface area (Å²) in [5.41, 5.74) is 2.30. The van der Waals surface area contributed by atoms with Gasteiger partial charge in [0, 0.05) is 18.8 Å². The van der Waals surface area contributed by atoms with Crippen LogP contribution >= 0.6 is 0 Å². The molecule has 0 spiro atoms. The lowest BCUT2D eigenvalue weighted by Gasteiger charge is -2.15. The molecule has 0 saturated heterocycles. The van der Waals surface area contributed by atoms with E-state index in [-0.39, 0.29) is 6.61 Å². The highest BCUT2D eigenvalue weighted by Crippen LogP contribution is 2.18. The Morgan fingerprint density at radius 2 is 2.15 bits per heavy atom.